The number of Topliss-reactive ketones (excluding diaryl/α,β-unsaturated/α-hetero) is 1. The molecule has 1 aliphatic rings. The quantitative estimate of drug-likeness (QED) is 0.645. The fraction of sp³-hybridized carbons (Fsp3) is 0.429. The Morgan fingerprint density at radius 3 is 2.52 bits per heavy atom. The Hall–Kier alpha value is -2.03. The Labute approximate surface area is 176 Å². The zero-order chi connectivity index (χ0) is 20.9. The molecular weight excluding hydrogens is 408 g/mol. The van der Waals surface area contributed by atoms with Gasteiger partial charge in [0, 0.05) is 37.4 Å². The summed E-state index contributed by atoms with van der Waals surface area (Å²) in [4.78, 5) is 26.2. The van der Waals surface area contributed by atoms with Crippen molar-refractivity contribution in [3.63, 3.8) is 0 Å². The van der Waals surface area contributed by atoms with Gasteiger partial charge in [0.15, 0.2) is 5.78 Å². The van der Waals surface area contributed by atoms with E-state index < -0.39 is 10.0 Å². The van der Waals surface area contributed by atoms with Crippen molar-refractivity contribution < 1.29 is 18.0 Å². The van der Waals surface area contributed by atoms with Gasteiger partial charge in [-0.2, -0.15) is 4.31 Å². The number of carbonyl (C=O) groups is 2. The molecule has 1 aromatic carbocycles. The topological polar surface area (TPSA) is 83.5 Å². The molecule has 1 fully saturated rings. The normalized spacial score (nSPS) is 15.2. The maximum absolute atomic E-state index is 12.8. The van der Waals surface area contributed by atoms with E-state index in [9.17, 15) is 18.0 Å². The van der Waals surface area contributed by atoms with Crippen LogP contribution in [0.4, 0.5) is 0 Å². The summed E-state index contributed by atoms with van der Waals surface area (Å²) < 4.78 is 27.1. The van der Waals surface area contributed by atoms with Crippen LogP contribution in [-0.2, 0) is 21.4 Å². The number of nitrogens with zero attached hydrogens (tertiary/aromatic N) is 1. The van der Waals surface area contributed by atoms with Crippen molar-refractivity contribution in [3.8, 4) is 0 Å². The molecule has 1 aliphatic heterocycles. The maximum Gasteiger partial charge on any atom is 0.243 e. The van der Waals surface area contributed by atoms with E-state index in [4.69, 9.17) is 0 Å². The molecule has 2 aromatic rings. The average Bonchev–Trinajstić information content (AvgIpc) is 3.18. The highest BCUT2D eigenvalue weighted by molar-refractivity contribution is 7.89. The van der Waals surface area contributed by atoms with E-state index in [1.165, 1.54) is 15.6 Å². The Kier molecular flexibility index (Phi) is 7.21. The molecule has 3 rings (SSSR count). The predicted molar refractivity (Wildman–Crippen MR) is 114 cm³/mol. The minimum Gasteiger partial charge on any atom is -0.352 e. The Morgan fingerprint density at radius 1 is 1.07 bits per heavy atom. The molecule has 6 nitrogen and oxygen atoms in total. The fourth-order valence-corrected chi connectivity index (χ4v) is 5.72. The molecule has 0 aliphatic carbocycles. The number of piperidine rings is 1. The van der Waals surface area contributed by atoms with Crippen LogP contribution in [0, 0.1) is 6.92 Å². The molecule has 0 bridgehead atoms. The summed E-state index contributed by atoms with van der Waals surface area (Å²) in [6, 6.07) is 10.4. The number of benzene rings is 1. The molecule has 1 saturated heterocycles. The van der Waals surface area contributed by atoms with Crippen molar-refractivity contribution in [2.24, 2.45) is 0 Å². The first-order valence-corrected chi connectivity index (χ1v) is 12.1. The monoisotopic (exact) mass is 434 g/mol. The number of nitrogens with one attached hydrogen (secondary N) is 1. The predicted octanol–water partition coefficient (Wildman–Crippen LogP) is 3.51. The molecule has 1 aromatic heterocycles. The number of hydrogen-bond donors (Lipinski definition) is 1. The summed E-state index contributed by atoms with van der Waals surface area (Å²) >= 11 is 1.43. The van der Waals surface area contributed by atoms with Gasteiger partial charge in [0.2, 0.25) is 15.9 Å². The van der Waals surface area contributed by atoms with Crippen molar-refractivity contribution >= 4 is 33.1 Å². The van der Waals surface area contributed by atoms with E-state index in [0.717, 1.165) is 29.7 Å². The zero-order valence-electron chi connectivity index (χ0n) is 16.5. The van der Waals surface area contributed by atoms with Crippen LogP contribution in [0.3, 0.4) is 0 Å². The number of carbonyl (C=O) groups excluding carboxylic acids is 2. The molecule has 0 unspecified atom stereocenters. The maximum atomic E-state index is 12.8. The van der Waals surface area contributed by atoms with Crippen molar-refractivity contribution in [2.45, 2.75) is 50.5 Å². The molecule has 0 spiro atoms. The largest absolute Gasteiger partial charge is 0.352 e. The van der Waals surface area contributed by atoms with Crippen LogP contribution in [0.2, 0.25) is 0 Å². The van der Waals surface area contributed by atoms with Gasteiger partial charge in [0.1, 0.15) is 0 Å². The van der Waals surface area contributed by atoms with Crippen LogP contribution < -0.4 is 5.32 Å². The minimum absolute atomic E-state index is 0.0344. The summed E-state index contributed by atoms with van der Waals surface area (Å²) in [6.45, 7) is 3.28. The number of rotatable bonds is 8. The highest BCUT2D eigenvalue weighted by Gasteiger charge is 2.25. The lowest BCUT2D eigenvalue weighted by Gasteiger charge is -2.26. The summed E-state index contributed by atoms with van der Waals surface area (Å²) in [7, 11) is -3.50. The van der Waals surface area contributed by atoms with Crippen molar-refractivity contribution in [1.29, 1.82) is 0 Å². The molecule has 156 valence electrons. The van der Waals surface area contributed by atoms with Gasteiger partial charge in [-0.15, -0.1) is 11.3 Å². The molecule has 1 N–H and O–H groups in total. The van der Waals surface area contributed by atoms with E-state index in [2.05, 4.69) is 5.32 Å². The Bertz CT molecular complexity index is 976. The van der Waals surface area contributed by atoms with Crippen LogP contribution in [-0.4, -0.2) is 37.5 Å². The highest BCUT2D eigenvalue weighted by Crippen LogP contribution is 2.21. The highest BCUT2D eigenvalue weighted by atomic mass is 32.2. The van der Waals surface area contributed by atoms with Gasteiger partial charge < -0.3 is 5.32 Å². The molecule has 29 heavy (non-hydrogen) atoms. The van der Waals surface area contributed by atoms with E-state index in [1.807, 2.05) is 13.0 Å². The minimum atomic E-state index is -3.50. The summed E-state index contributed by atoms with van der Waals surface area (Å²) in [5.74, 6) is -0.260. The zero-order valence-corrected chi connectivity index (χ0v) is 18.2. The van der Waals surface area contributed by atoms with Crippen LogP contribution in [0.25, 0.3) is 0 Å². The van der Waals surface area contributed by atoms with Gasteiger partial charge in [0.25, 0.3) is 0 Å². The number of aryl methyl sites for hydroxylation is 1. The van der Waals surface area contributed by atoms with Crippen molar-refractivity contribution in [3.05, 3.63) is 51.7 Å². The molecule has 8 heteroatoms. The second kappa shape index (κ2) is 9.65. The number of thiophene rings is 1. The van der Waals surface area contributed by atoms with Crippen LogP contribution in [0.15, 0.2) is 41.3 Å². The van der Waals surface area contributed by atoms with E-state index in [0.29, 0.717) is 18.0 Å². The third-order valence-corrected chi connectivity index (χ3v) is 7.87. The summed E-state index contributed by atoms with van der Waals surface area (Å²) in [6.07, 6.45) is 3.11. The lowest BCUT2D eigenvalue weighted by Crippen LogP contribution is -2.35. The van der Waals surface area contributed by atoms with Gasteiger partial charge >= 0.3 is 0 Å². The third-order valence-electron chi connectivity index (χ3n) is 4.94. The smallest absolute Gasteiger partial charge is 0.243 e. The van der Waals surface area contributed by atoms with Crippen molar-refractivity contribution in [1.82, 2.24) is 9.62 Å². The first-order chi connectivity index (χ1) is 13.9. The molecule has 0 atom stereocenters. The third kappa shape index (κ3) is 5.74. The van der Waals surface area contributed by atoms with Crippen LogP contribution >= 0.6 is 11.3 Å². The van der Waals surface area contributed by atoms with Crippen LogP contribution in [0.5, 0.6) is 0 Å². The standard InChI is InChI=1S/C21H26N2O4S2/c1-16-8-10-20(28-16)19(24)9-11-21(25)22-15-17-6-5-7-18(14-17)29(26,27)23-12-3-2-4-13-23/h5-8,10,14H,2-4,9,11-13,15H2,1H3,(H,22,25). The first kappa shape index (κ1) is 21.7. The SMILES string of the molecule is Cc1ccc(C(=O)CCC(=O)NCc2cccc(S(=O)(=O)N3CCCCC3)c2)s1. The van der Waals surface area contributed by atoms with E-state index in [-0.39, 0.29) is 36.0 Å². The van der Waals surface area contributed by atoms with Crippen LogP contribution in [0.1, 0.15) is 52.2 Å². The fourth-order valence-electron chi connectivity index (χ4n) is 3.29. The number of hydrogen-bond acceptors (Lipinski definition) is 5. The first-order valence-electron chi connectivity index (χ1n) is 9.82. The van der Waals surface area contributed by atoms with E-state index in [1.54, 1.807) is 30.3 Å². The Balaban J connectivity index is 1.53. The Morgan fingerprint density at radius 2 is 1.83 bits per heavy atom. The summed E-state index contributed by atoms with van der Waals surface area (Å²) in [5.41, 5.74) is 0.719. The van der Waals surface area contributed by atoms with Gasteiger partial charge in [-0.1, -0.05) is 18.6 Å². The molecule has 1 amide bonds. The average molecular weight is 435 g/mol. The number of amides is 1. The summed E-state index contributed by atoms with van der Waals surface area (Å²) in [5, 5.41) is 2.77. The second-order valence-electron chi connectivity index (χ2n) is 7.22. The van der Waals surface area contributed by atoms with Gasteiger partial charge in [-0.25, -0.2) is 8.42 Å². The van der Waals surface area contributed by atoms with Gasteiger partial charge in [-0.05, 0) is 49.6 Å². The van der Waals surface area contributed by atoms with E-state index >= 15 is 0 Å². The molecule has 0 saturated carbocycles. The van der Waals surface area contributed by atoms with Gasteiger partial charge in [0.05, 0.1) is 9.77 Å². The number of sulfonamides is 1. The second-order valence-corrected chi connectivity index (χ2v) is 10.4. The molecule has 2 heterocycles. The number of ketones is 1. The lowest BCUT2D eigenvalue weighted by atomic mass is 10.2. The molecule has 0 radical (unpaired) electrons. The lowest BCUT2D eigenvalue weighted by molar-refractivity contribution is -0.121. The van der Waals surface area contributed by atoms with Crippen molar-refractivity contribution in [2.75, 3.05) is 13.1 Å². The molecular formula is C21H26N2O4S2. The van der Waals surface area contributed by atoms with Gasteiger partial charge in [-0.3, -0.25) is 9.59 Å².